The molecule has 1 unspecified atom stereocenters. The Bertz CT molecular complexity index is 789. The number of carbonyl (C=O) groups is 1. The van der Waals surface area contributed by atoms with Crippen molar-refractivity contribution in [3.05, 3.63) is 30.1 Å². The van der Waals surface area contributed by atoms with E-state index in [1.165, 1.54) is 0 Å². The van der Waals surface area contributed by atoms with Gasteiger partial charge in [0, 0.05) is 17.7 Å². The highest BCUT2D eigenvalue weighted by Crippen LogP contribution is 2.21. The van der Waals surface area contributed by atoms with Crippen LogP contribution < -0.4 is 5.32 Å². The highest BCUT2D eigenvalue weighted by Gasteiger charge is 2.16. The molecule has 0 fully saturated rings. The van der Waals surface area contributed by atoms with Crippen molar-refractivity contribution in [2.75, 3.05) is 17.3 Å². The van der Waals surface area contributed by atoms with Crippen molar-refractivity contribution in [3.63, 3.8) is 0 Å². The Morgan fingerprint density at radius 3 is 2.62 bits per heavy atom. The van der Waals surface area contributed by atoms with Gasteiger partial charge < -0.3 is 10.4 Å². The third kappa shape index (κ3) is 3.88. The number of aromatic carboxylic acids is 1. The maximum Gasteiger partial charge on any atom is 0.374 e. The number of hydrogen-bond donors (Lipinski definition) is 2. The van der Waals surface area contributed by atoms with E-state index >= 15 is 0 Å². The number of nitrogens with zero attached hydrogens (tertiary/aromatic N) is 2. The molecule has 7 nitrogen and oxygen atoms in total. The molecule has 8 heteroatoms. The topological polar surface area (TPSA) is 109 Å². The lowest BCUT2D eigenvalue weighted by atomic mass is 10.2. The van der Waals surface area contributed by atoms with Gasteiger partial charge in [-0.3, -0.25) is 0 Å². The highest BCUT2D eigenvalue weighted by molar-refractivity contribution is 7.90. The molecule has 0 bridgehead atoms. The fraction of sp³-hybridized carbons (Fsp3) is 0.308. The second-order valence-electron chi connectivity index (χ2n) is 4.86. The first-order chi connectivity index (χ1) is 9.76. The predicted molar refractivity (Wildman–Crippen MR) is 79.3 cm³/mol. The van der Waals surface area contributed by atoms with E-state index in [1.54, 1.807) is 31.2 Å². The maximum atomic E-state index is 11.3. The summed E-state index contributed by atoms with van der Waals surface area (Å²) in [5.74, 6) is -1.33. The number of anilines is 1. The van der Waals surface area contributed by atoms with Gasteiger partial charge in [0.05, 0.1) is 11.3 Å². The smallest absolute Gasteiger partial charge is 0.374 e. The number of para-hydroxylation sites is 1. The van der Waals surface area contributed by atoms with E-state index in [0.29, 0.717) is 16.7 Å². The van der Waals surface area contributed by atoms with Gasteiger partial charge in [-0.05, 0) is 19.1 Å². The minimum atomic E-state index is -3.15. The normalized spacial score (nSPS) is 13.0. The minimum Gasteiger partial charge on any atom is -0.475 e. The molecule has 0 spiro atoms. The van der Waals surface area contributed by atoms with Gasteiger partial charge in [-0.2, -0.15) is 0 Å². The van der Waals surface area contributed by atoms with Crippen LogP contribution in [0.2, 0.25) is 0 Å². The molecule has 0 radical (unpaired) electrons. The summed E-state index contributed by atoms with van der Waals surface area (Å²) in [4.78, 5) is 19.0. The Balaban J connectivity index is 2.44. The van der Waals surface area contributed by atoms with Gasteiger partial charge in [0.1, 0.15) is 15.7 Å². The van der Waals surface area contributed by atoms with Crippen LogP contribution in [-0.4, -0.2) is 47.5 Å². The average Bonchev–Trinajstić information content (AvgIpc) is 2.36. The van der Waals surface area contributed by atoms with Gasteiger partial charge in [-0.15, -0.1) is 0 Å². The monoisotopic (exact) mass is 309 g/mol. The van der Waals surface area contributed by atoms with Crippen LogP contribution in [0.1, 0.15) is 17.5 Å². The second-order valence-corrected chi connectivity index (χ2v) is 7.04. The van der Waals surface area contributed by atoms with E-state index in [-0.39, 0.29) is 11.6 Å². The zero-order valence-electron chi connectivity index (χ0n) is 11.6. The van der Waals surface area contributed by atoms with Crippen molar-refractivity contribution in [2.45, 2.75) is 13.0 Å². The van der Waals surface area contributed by atoms with Crippen LogP contribution in [0.15, 0.2) is 24.3 Å². The number of nitrogens with one attached hydrogen (secondary N) is 1. The van der Waals surface area contributed by atoms with Gasteiger partial charge in [-0.1, -0.05) is 12.1 Å². The molecule has 0 saturated carbocycles. The Hall–Kier alpha value is -2.22. The summed E-state index contributed by atoms with van der Waals surface area (Å²) in [5.41, 5.74) is 0.485. The highest BCUT2D eigenvalue weighted by atomic mass is 32.2. The van der Waals surface area contributed by atoms with Gasteiger partial charge in [0.2, 0.25) is 5.82 Å². The SMILES string of the molecule is CC(CS(C)(=O)=O)Nc1nc(C(=O)O)nc2ccccc12. The molecular formula is C13H15N3O4S. The first-order valence-electron chi connectivity index (χ1n) is 6.20. The third-order valence-electron chi connectivity index (χ3n) is 2.73. The van der Waals surface area contributed by atoms with Crippen molar-refractivity contribution >= 4 is 32.5 Å². The molecule has 2 aromatic rings. The first kappa shape index (κ1) is 15.2. The minimum absolute atomic E-state index is 0.0757. The number of hydrogen-bond acceptors (Lipinski definition) is 6. The van der Waals surface area contributed by atoms with Crippen molar-refractivity contribution in [2.24, 2.45) is 0 Å². The van der Waals surface area contributed by atoms with Gasteiger partial charge in [-0.25, -0.2) is 23.2 Å². The summed E-state index contributed by atoms with van der Waals surface area (Å²) >= 11 is 0. The fourth-order valence-electron chi connectivity index (χ4n) is 2.01. The summed E-state index contributed by atoms with van der Waals surface area (Å²) < 4.78 is 22.6. The summed E-state index contributed by atoms with van der Waals surface area (Å²) in [6, 6.07) is 6.54. The second kappa shape index (κ2) is 5.65. The zero-order chi connectivity index (χ0) is 15.6. The van der Waals surface area contributed by atoms with Crippen LogP contribution in [0.3, 0.4) is 0 Å². The van der Waals surface area contributed by atoms with Crippen LogP contribution >= 0.6 is 0 Å². The molecule has 1 aromatic carbocycles. The summed E-state index contributed by atoms with van der Waals surface area (Å²) in [6.45, 7) is 1.69. The molecule has 2 rings (SSSR count). The molecule has 0 aliphatic heterocycles. The first-order valence-corrected chi connectivity index (χ1v) is 8.26. The maximum absolute atomic E-state index is 11.3. The van der Waals surface area contributed by atoms with Crippen molar-refractivity contribution in [1.29, 1.82) is 0 Å². The van der Waals surface area contributed by atoms with Crippen molar-refractivity contribution in [1.82, 2.24) is 9.97 Å². The number of carboxylic acid groups (broad SMARTS) is 1. The molecular weight excluding hydrogens is 294 g/mol. The zero-order valence-corrected chi connectivity index (χ0v) is 12.4. The number of rotatable bonds is 5. The van der Waals surface area contributed by atoms with Gasteiger partial charge in [0.15, 0.2) is 0 Å². The quantitative estimate of drug-likeness (QED) is 0.853. The average molecular weight is 309 g/mol. The Kier molecular flexibility index (Phi) is 4.08. The van der Waals surface area contributed by atoms with E-state index in [9.17, 15) is 13.2 Å². The molecule has 1 heterocycles. The largest absolute Gasteiger partial charge is 0.475 e. The van der Waals surface area contributed by atoms with Crippen molar-refractivity contribution < 1.29 is 18.3 Å². The number of benzene rings is 1. The summed E-state index contributed by atoms with van der Waals surface area (Å²) in [7, 11) is -3.15. The fourth-order valence-corrected chi connectivity index (χ4v) is 3.00. The molecule has 112 valence electrons. The van der Waals surface area contributed by atoms with Gasteiger partial charge >= 0.3 is 5.97 Å². The van der Waals surface area contributed by atoms with Crippen LogP contribution in [0.4, 0.5) is 5.82 Å². The summed E-state index contributed by atoms with van der Waals surface area (Å²) in [6.07, 6.45) is 1.14. The van der Waals surface area contributed by atoms with Gasteiger partial charge in [0.25, 0.3) is 0 Å². The number of sulfone groups is 1. The standard InChI is InChI=1S/C13H15N3O4S/c1-8(7-21(2,19)20)14-11-9-5-3-4-6-10(9)15-12(16-11)13(17)18/h3-6,8H,7H2,1-2H3,(H,17,18)(H,14,15,16). The van der Waals surface area contributed by atoms with Crippen LogP contribution in [0, 0.1) is 0 Å². The molecule has 21 heavy (non-hydrogen) atoms. The van der Waals surface area contributed by atoms with Crippen molar-refractivity contribution in [3.8, 4) is 0 Å². The lowest BCUT2D eigenvalue weighted by Gasteiger charge is -2.15. The summed E-state index contributed by atoms with van der Waals surface area (Å²) in [5, 5.41) is 12.6. The molecule has 2 N–H and O–H groups in total. The van der Waals surface area contributed by atoms with Crippen LogP contribution in [0.5, 0.6) is 0 Å². The van der Waals surface area contributed by atoms with Crippen LogP contribution in [-0.2, 0) is 9.84 Å². The number of carboxylic acids is 1. The van der Waals surface area contributed by atoms with E-state index < -0.39 is 21.8 Å². The van der Waals surface area contributed by atoms with Crippen LogP contribution in [0.25, 0.3) is 10.9 Å². The molecule has 1 aromatic heterocycles. The number of fused-ring (bicyclic) bond motifs is 1. The number of aromatic nitrogens is 2. The Morgan fingerprint density at radius 1 is 1.33 bits per heavy atom. The van der Waals surface area contributed by atoms with E-state index in [1.807, 2.05) is 0 Å². The van der Waals surface area contributed by atoms with E-state index in [2.05, 4.69) is 15.3 Å². The molecule has 0 amide bonds. The lowest BCUT2D eigenvalue weighted by Crippen LogP contribution is -2.26. The lowest BCUT2D eigenvalue weighted by molar-refractivity contribution is 0.0684. The van der Waals surface area contributed by atoms with E-state index in [4.69, 9.17) is 5.11 Å². The molecule has 0 aliphatic carbocycles. The molecule has 0 aliphatic rings. The Labute approximate surface area is 122 Å². The molecule has 0 saturated heterocycles. The molecule has 1 atom stereocenters. The van der Waals surface area contributed by atoms with E-state index in [0.717, 1.165) is 6.26 Å². The third-order valence-corrected chi connectivity index (χ3v) is 3.84. The Morgan fingerprint density at radius 2 is 2.00 bits per heavy atom. The predicted octanol–water partition coefficient (Wildman–Crippen LogP) is 1.17.